The molecule has 1 saturated heterocycles. The van der Waals surface area contributed by atoms with Crippen molar-refractivity contribution in [3.8, 4) is 0 Å². The summed E-state index contributed by atoms with van der Waals surface area (Å²) in [7, 11) is 0. The normalized spacial score (nSPS) is 29.8. The zero-order valence-electron chi connectivity index (χ0n) is 8.22. The van der Waals surface area contributed by atoms with Gasteiger partial charge in [-0.1, -0.05) is 6.92 Å². The molecule has 1 aliphatic heterocycles. The molecule has 0 saturated carbocycles. The first-order chi connectivity index (χ1) is 5.74. The second kappa shape index (κ2) is 4.80. The molecule has 1 rings (SSSR count). The van der Waals surface area contributed by atoms with Crippen molar-refractivity contribution in [1.29, 1.82) is 0 Å². The van der Waals surface area contributed by atoms with Gasteiger partial charge in [-0.15, -0.1) is 0 Å². The van der Waals surface area contributed by atoms with E-state index in [0.29, 0.717) is 12.6 Å². The van der Waals surface area contributed by atoms with Crippen molar-refractivity contribution >= 4 is 0 Å². The summed E-state index contributed by atoms with van der Waals surface area (Å²) >= 11 is 0. The predicted molar refractivity (Wildman–Crippen MR) is 50.1 cm³/mol. The van der Waals surface area contributed by atoms with Gasteiger partial charge in [-0.25, -0.2) is 4.39 Å². The number of hydrogen-bond donors (Lipinski definition) is 0. The molecule has 0 amide bonds. The van der Waals surface area contributed by atoms with Crippen molar-refractivity contribution in [3.05, 3.63) is 0 Å². The Morgan fingerprint density at radius 1 is 1.50 bits per heavy atom. The topological polar surface area (TPSA) is 3.24 Å². The van der Waals surface area contributed by atoms with E-state index < -0.39 is 6.17 Å². The summed E-state index contributed by atoms with van der Waals surface area (Å²) in [5, 5.41) is 0. The molecular formula is C10H20FN. The highest BCUT2D eigenvalue weighted by molar-refractivity contribution is 4.74. The lowest BCUT2D eigenvalue weighted by molar-refractivity contribution is 0.162. The molecule has 2 heteroatoms. The summed E-state index contributed by atoms with van der Waals surface area (Å²) in [6.07, 6.45) is 3.56. The summed E-state index contributed by atoms with van der Waals surface area (Å²) in [5.41, 5.74) is 0. The zero-order valence-corrected chi connectivity index (χ0v) is 8.22. The van der Waals surface area contributed by atoms with Crippen LogP contribution in [-0.2, 0) is 0 Å². The Hall–Kier alpha value is -0.110. The van der Waals surface area contributed by atoms with E-state index in [2.05, 4.69) is 18.7 Å². The lowest BCUT2D eigenvalue weighted by Gasteiger charge is -2.27. The van der Waals surface area contributed by atoms with Gasteiger partial charge in [0.1, 0.15) is 6.17 Å². The lowest BCUT2D eigenvalue weighted by Crippen LogP contribution is -2.36. The average Bonchev–Trinajstić information content (AvgIpc) is 2.28. The molecule has 0 N–H and O–H groups in total. The van der Waals surface area contributed by atoms with Crippen molar-refractivity contribution in [2.45, 2.75) is 51.7 Å². The summed E-state index contributed by atoms with van der Waals surface area (Å²) in [4.78, 5) is 2.29. The van der Waals surface area contributed by atoms with Crippen molar-refractivity contribution in [1.82, 2.24) is 4.90 Å². The molecule has 0 aromatic rings. The minimum atomic E-state index is -0.582. The zero-order chi connectivity index (χ0) is 8.97. The smallest absolute Gasteiger partial charge is 0.113 e. The summed E-state index contributed by atoms with van der Waals surface area (Å²) in [6.45, 7) is 6.12. The lowest BCUT2D eigenvalue weighted by atomic mass is 10.2. The Morgan fingerprint density at radius 2 is 2.25 bits per heavy atom. The van der Waals surface area contributed by atoms with E-state index in [4.69, 9.17) is 0 Å². The molecule has 1 fully saturated rings. The number of alkyl halides is 1. The fourth-order valence-electron chi connectivity index (χ4n) is 1.78. The molecule has 1 aliphatic rings. The molecule has 0 aromatic heterocycles. The molecule has 1 nitrogen and oxygen atoms in total. The van der Waals surface area contributed by atoms with E-state index in [1.54, 1.807) is 0 Å². The van der Waals surface area contributed by atoms with Gasteiger partial charge in [-0.2, -0.15) is 0 Å². The summed E-state index contributed by atoms with van der Waals surface area (Å²) in [6, 6.07) is 0.557. The first kappa shape index (κ1) is 9.97. The Morgan fingerprint density at radius 3 is 2.92 bits per heavy atom. The van der Waals surface area contributed by atoms with Crippen LogP contribution in [0.25, 0.3) is 0 Å². The fourth-order valence-corrected chi connectivity index (χ4v) is 1.78. The van der Waals surface area contributed by atoms with E-state index in [1.807, 2.05) is 0 Å². The van der Waals surface area contributed by atoms with Gasteiger partial charge in [0.15, 0.2) is 0 Å². The maximum atomic E-state index is 13.1. The van der Waals surface area contributed by atoms with Crippen molar-refractivity contribution in [2.75, 3.05) is 13.1 Å². The highest BCUT2D eigenvalue weighted by Crippen LogP contribution is 2.16. The van der Waals surface area contributed by atoms with Crippen LogP contribution < -0.4 is 0 Å². The van der Waals surface area contributed by atoms with Gasteiger partial charge >= 0.3 is 0 Å². The third-order valence-corrected chi connectivity index (χ3v) is 2.86. The summed E-state index contributed by atoms with van der Waals surface area (Å²) in [5.74, 6) is 0. The van der Waals surface area contributed by atoms with Crippen LogP contribution in [0.3, 0.4) is 0 Å². The molecule has 0 spiro atoms. The quantitative estimate of drug-likeness (QED) is 0.620. The molecule has 0 bridgehead atoms. The standard InChI is InChI=1S/C10H20FN/c1-3-9(2)12-7-5-4-6-10(11)8-12/h9-10H,3-8H2,1-2H3. The van der Waals surface area contributed by atoms with Crippen LogP contribution in [0.1, 0.15) is 39.5 Å². The number of nitrogens with zero attached hydrogens (tertiary/aromatic N) is 1. The Labute approximate surface area is 74.9 Å². The van der Waals surface area contributed by atoms with E-state index >= 15 is 0 Å². The second-order valence-electron chi connectivity index (χ2n) is 3.85. The third-order valence-electron chi connectivity index (χ3n) is 2.86. The SMILES string of the molecule is CCC(C)N1CCCCC(F)C1. The molecule has 0 radical (unpaired) electrons. The van der Waals surface area contributed by atoms with Gasteiger partial charge in [0.25, 0.3) is 0 Å². The minimum absolute atomic E-state index is 0.557. The first-order valence-corrected chi connectivity index (χ1v) is 5.12. The fraction of sp³-hybridized carbons (Fsp3) is 1.00. The Balaban J connectivity index is 2.40. The van der Waals surface area contributed by atoms with Gasteiger partial charge in [-0.05, 0) is 39.2 Å². The van der Waals surface area contributed by atoms with Crippen molar-refractivity contribution in [2.24, 2.45) is 0 Å². The number of rotatable bonds is 2. The van der Waals surface area contributed by atoms with E-state index in [-0.39, 0.29) is 0 Å². The first-order valence-electron chi connectivity index (χ1n) is 5.12. The molecule has 12 heavy (non-hydrogen) atoms. The number of halogens is 1. The largest absolute Gasteiger partial charge is 0.298 e. The molecular weight excluding hydrogens is 153 g/mol. The maximum absolute atomic E-state index is 13.1. The number of hydrogen-bond acceptors (Lipinski definition) is 1. The second-order valence-corrected chi connectivity index (χ2v) is 3.85. The molecule has 2 atom stereocenters. The van der Waals surface area contributed by atoms with Crippen molar-refractivity contribution in [3.63, 3.8) is 0 Å². The average molecular weight is 173 g/mol. The highest BCUT2D eigenvalue weighted by atomic mass is 19.1. The number of likely N-dealkylation sites (tertiary alicyclic amines) is 1. The maximum Gasteiger partial charge on any atom is 0.113 e. The van der Waals surface area contributed by atoms with Crippen LogP contribution >= 0.6 is 0 Å². The third kappa shape index (κ3) is 2.74. The van der Waals surface area contributed by atoms with Crippen LogP contribution in [-0.4, -0.2) is 30.2 Å². The minimum Gasteiger partial charge on any atom is -0.298 e. The predicted octanol–water partition coefficient (Wildman–Crippen LogP) is 2.61. The van der Waals surface area contributed by atoms with Crippen molar-refractivity contribution < 1.29 is 4.39 Å². The Bertz CT molecular complexity index is 127. The van der Waals surface area contributed by atoms with Crippen LogP contribution in [0, 0.1) is 0 Å². The highest BCUT2D eigenvalue weighted by Gasteiger charge is 2.19. The van der Waals surface area contributed by atoms with Crippen LogP contribution in [0.2, 0.25) is 0 Å². The van der Waals surface area contributed by atoms with E-state index in [1.165, 1.54) is 6.42 Å². The van der Waals surface area contributed by atoms with Crippen LogP contribution in [0.5, 0.6) is 0 Å². The molecule has 2 unspecified atom stereocenters. The van der Waals surface area contributed by atoms with E-state index in [0.717, 1.165) is 25.8 Å². The van der Waals surface area contributed by atoms with Gasteiger partial charge < -0.3 is 0 Å². The van der Waals surface area contributed by atoms with E-state index in [9.17, 15) is 4.39 Å². The van der Waals surface area contributed by atoms with Gasteiger partial charge in [0.2, 0.25) is 0 Å². The van der Waals surface area contributed by atoms with Crippen LogP contribution in [0.4, 0.5) is 4.39 Å². The molecule has 1 heterocycles. The van der Waals surface area contributed by atoms with Gasteiger partial charge in [0.05, 0.1) is 0 Å². The molecule has 72 valence electrons. The van der Waals surface area contributed by atoms with Gasteiger partial charge in [0, 0.05) is 12.6 Å². The Kier molecular flexibility index (Phi) is 3.99. The molecule has 0 aliphatic carbocycles. The summed E-state index contributed by atoms with van der Waals surface area (Å²) < 4.78 is 13.1. The van der Waals surface area contributed by atoms with Crippen LogP contribution in [0.15, 0.2) is 0 Å². The monoisotopic (exact) mass is 173 g/mol. The van der Waals surface area contributed by atoms with Gasteiger partial charge in [-0.3, -0.25) is 4.90 Å². The molecule has 0 aromatic carbocycles.